The third-order valence-corrected chi connectivity index (χ3v) is 2.09. The molecule has 0 radical (unpaired) electrons. The van der Waals surface area contributed by atoms with Crippen molar-refractivity contribution in [1.82, 2.24) is 0 Å². The van der Waals surface area contributed by atoms with Crippen LogP contribution in [0.15, 0.2) is 23.4 Å². The van der Waals surface area contributed by atoms with Crippen molar-refractivity contribution in [2.45, 2.75) is 13.3 Å². The van der Waals surface area contributed by atoms with Gasteiger partial charge in [0.2, 0.25) is 0 Å². The Morgan fingerprint density at radius 2 is 2.00 bits per heavy atom. The molecular formula is C9H9N3O5. The Hall–Kier alpha value is -2.51. The van der Waals surface area contributed by atoms with Crippen LogP contribution in [0.25, 0.3) is 0 Å². The van der Waals surface area contributed by atoms with Gasteiger partial charge >= 0.3 is 0 Å². The summed E-state index contributed by atoms with van der Waals surface area (Å²) in [7, 11) is 0. The third kappa shape index (κ3) is 2.97. The van der Waals surface area contributed by atoms with Gasteiger partial charge in [0.1, 0.15) is 0 Å². The van der Waals surface area contributed by atoms with Gasteiger partial charge in [-0.2, -0.15) is 0 Å². The van der Waals surface area contributed by atoms with Crippen molar-refractivity contribution >= 4 is 17.1 Å². The first kappa shape index (κ1) is 12.6. The highest BCUT2D eigenvalue weighted by molar-refractivity contribution is 5.84. The predicted octanol–water partition coefficient (Wildman–Crippen LogP) is 1.90. The van der Waals surface area contributed by atoms with E-state index in [9.17, 15) is 20.2 Å². The van der Waals surface area contributed by atoms with Gasteiger partial charge in [-0.05, 0) is 13.0 Å². The summed E-state index contributed by atoms with van der Waals surface area (Å²) in [6, 6.07) is 3.35. The van der Waals surface area contributed by atoms with Gasteiger partial charge in [0, 0.05) is 18.1 Å². The molecule has 0 unspecified atom stereocenters. The molecule has 0 fully saturated rings. The van der Waals surface area contributed by atoms with Gasteiger partial charge in [-0.25, -0.2) is 0 Å². The minimum absolute atomic E-state index is 0.0603. The molecule has 90 valence electrons. The lowest BCUT2D eigenvalue weighted by molar-refractivity contribution is -0.394. The summed E-state index contributed by atoms with van der Waals surface area (Å²) in [6.07, 6.45) is 0.0603. The van der Waals surface area contributed by atoms with Crippen molar-refractivity contribution in [3.8, 4) is 0 Å². The van der Waals surface area contributed by atoms with Crippen LogP contribution in [0.5, 0.6) is 0 Å². The van der Waals surface area contributed by atoms with E-state index in [-0.39, 0.29) is 29.1 Å². The van der Waals surface area contributed by atoms with Crippen LogP contribution in [0.3, 0.4) is 0 Å². The molecule has 1 aromatic rings. The maximum atomic E-state index is 10.7. The largest absolute Gasteiger partial charge is 0.411 e. The molecule has 0 aliphatic heterocycles. The van der Waals surface area contributed by atoms with Crippen LogP contribution in [-0.2, 0) is 6.42 Å². The average Bonchev–Trinajstić information content (AvgIpc) is 2.28. The molecule has 0 spiro atoms. The van der Waals surface area contributed by atoms with Crippen LogP contribution in [-0.4, -0.2) is 20.8 Å². The van der Waals surface area contributed by atoms with E-state index in [1.165, 1.54) is 19.1 Å². The zero-order valence-electron chi connectivity index (χ0n) is 8.86. The van der Waals surface area contributed by atoms with Gasteiger partial charge in [0.25, 0.3) is 11.4 Å². The Morgan fingerprint density at radius 3 is 2.47 bits per heavy atom. The molecule has 8 heteroatoms. The first-order valence-corrected chi connectivity index (χ1v) is 4.55. The van der Waals surface area contributed by atoms with Crippen molar-refractivity contribution in [3.63, 3.8) is 0 Å². The quantitative estimate of drug-likeness (QED) is 0.372. The maximum absolute atomic E-state index is 10.7. The van der Waals surface area contributed by atoms with Crippen LogP contribution in [0.2, 0.25) is 0 Å². The van der Waals surface area contributed by atoms with Crippen molar-refractivity contribution < 1.29 is 15.1 Å². The van der Waals surface area contributed by atoms with Crippen molar-refractivity contribution in [2.24, 2.45) is 5.16 Å². The molecule has 0 bridgehead atoms. The second kappa shape index (κ2) is 5.01. The second-order valence-corrected chi connectivity index (χ2v) is 3.34. The molecule has 17 heavy (non-hydrogen) atoms. The lowest BCUT2D eigenvalue weighted by atomic mass is 10.1. The van der Waals surface area contributed by atoms with E-state index in [1.807, 2.05) is 0 Å². The van der Waals surface area contributed by atoms with E-state index < -0.39 is 9.85 Å². The minimum Gasteiger partial charge on any atom is -0.411 e. The Kier molecular flexibility index (Phi) is 3.70. The summed E-state index contributed by atoms with van der Waals surface area (Å²) >= 11 is 0. The summed E-state index contributed by atoms with van der Waals surface area (Å²) in [6.45, 7) is 1.49. The fourth-order valence-electron chi connectivity index (χ4n) is 1.30. The SMILES string of the molecule is CC(Cc1ccc([N+](=O)[O-])cc1[N+](=O)[O-])=NO. The molecule has 1 aromatic carbocycles. The Bertz CT molecular complexity index is 497. The standard InChI is InChI=1S/C9H9N3O5/c1-6(10-13)4-7-2-3-8(11(14)15)5-9(7)12(16)17/h2-3,5,13H,4H2,1H3. The Morgan fingerprint density at radius 1 is 1.35 bits per heavy atom. The van der Waals surface area contributed by atoms with Crippen LogP contribution < -0.4 is 0 Å². The van der Waals surface area contributed by atoms with Crippen molar-refractivity contribution in [2.75, 3.05) is 0 Å². The molecule has 1 N–H and O–H groups in total. The lowest BCUT2D eigenvalue weighted by Crippen LogP contribution is -2.02. The van der Waals surface area contributed by atoms with Gasteiger partial charge in [0.05, 0.1) is 21.6 Å². The van der Waals surface area contributed by atoms with E-state index in [0.717, 1.165) is 6.07 Å². The summed E-state index contributed by atoms with van der Waals surface area (Å²) in [5, 5.41) is 32.6. The van der Waals surface area contributed by atoms with Crippen LogP contribution in [0.1, 0.15) is 12.5 Å². The van der Waals surface area contributed by atoms with Gasteiger partial charge in [-0.3, -0.25) is 20.2 Å². The topological polar surface area (TPSA) is 119 Å². The second-order valence-electron chi connectivity index (χ2n) is 3.34. The fourth-order valence-corrected chi connectivity index (χ4v) is 1.30. The lowest BCUT2D eigenvalue weighted by Gasteiger charge is -2.01. The number of nitro groups is 2. The number of benzene rings is 1. The Labute approximate surface area is 95.5 Å². The highest BCUT2D eigenvalue weighted by atomic mass is 16.6. The average molecular weight is 239 g/mol. The molecule has 1 rings (SSSR count). The number of oxime groups is 1. The monoisotopic (exact) mass is 239 g/mol. The van der Waals surface area contributed by atoms with E-state index in [0.29, 0.717) is 0 Å². The molecule has 0 saturated carbocycles. The van der Waals surface area contributed by atoms with Crippen molar-refractivity contribution in [1.29, 1.82) is 0 Å². The van der Waals surface area contributed by atoms with Crippen LogP contribution >= 0.6 is 0 Å². The molecule has 8 nitrogen and oxygen atoms in total. The zero-order valence-corrected chi connectivity index (χ0v) is 8.86. The molecule has 0 aromatic heterocycles. The highest BCUT2D eigenvalue weighted by Crippen LogP contribution is 2.25. The summed E-state index contributed by atoms with van der Waals surface area (Å²) in [5.41, 5.74) is -0.168. The van der Waals surface area contributed by atoms with E-state index >= 15 is 0 Å². The molecule has 0 heterocycles. The van der Waals surface area contributed by atoms with Crippen molar-refractivity contribution in [3.05, 3.63) is 44.0 Å². The normalized spacial score (nSPS) is 11.2. The third-order valence-electron chi connectivity index (χ3n) is 2.09. The van der Waals surface area contributed by atoms with E-state index in [2.05, 4.69) is 5.16 Å². The number of rotatable bonds is 4. The van der Waals surface area contributed by atoms with Crippen LogP contribution in [0.4, 0.5) is 11.4 Å². The molecule has 0 saturated heterocycles. The summed E-state index contributed by atoms with van der Waals surface area (Å²) in [5.74, 6) is 0. The first-order valence-electron chi connectivity index (χ1n) is 4.55. The fraction of sp³-hybridized carbons (Fsp3) is 0.222. The predicted molar refractivity (Wildman–Crippen MR) is 58.4 cm³/mol. The molecule has 0 amide bonds. The zero-order chi connectivity index (χ0) is 13.0. The Balaban J connectivity index is 3.22. The highest BCUT2D eigenvalue weighted by Gasteiger charge is 2.19. The van der Waals surface area contributed by atoms with Gasteiger partial charge in [-0.15, -0.1) is 0 Å². The molecular weight excluding hydrogens is 230 g/mol. The number of nitro benzene ring substituents is 2. The number of non-ortho nitro benzene ring substituents is 1. The molecule has 0 aliphatic rings. The number of hydrogen-bond donors (Lipinski definition) is 1. The number of hydrogen-bond acceptors (Lipinski definition) is 6. The maximum Gasteiger partial charge on any atom is 0.279 e. The molecule has 0 aliphatic carbocycles. The van der Waals surface area contributed by atoms with Crippen LogP contribution in [0, 0.1) is 20.2 Å². The van der Waals surface area contributed by atoms with Gasteiger partial charge in [-0.1, -0.05) is 5.16 Å². The molecule has 0 atom stereocenters. The van der Waals surface area contributed by atoms with Gasteiger partial charge < -0.3 is 5.21 Å². The van der Waals surface area contributed by atoms with Gasteiger partial charge in [0.15, 0.2) is 0 Å². The van der Waals surface area contributed by atoms with E-state index in [4.69, 9.17) is 5.21 Å². The summed E-state index contributed by atoms with van der Waals surface area (Å²) in [4.78, 5) is 19.8. The smallest absolute Gasteiger partial charge is 0.279 e. The minimum atomic E-state index is -0.705. The number of nitrogens with zero attached hydrogens (tertiary/aromatic N) is 3. The first-order chi connectivity index (χ1) is 7.95. The van der Waals surface area contributed by atoms with E-state index in [1.54, 1.807) is 0 Å². The summed E-state index contributed by atoms with van der Waals surface area (Å²) < 4.78 is 0.